The van der Waals surface area contributed by atoms with Crippen molar-refractivity contribution in [2.75, 3.05) is 5.32 Å². The smallest absolute Gasteiger partial charge is 0.335 e. The second-order valence-electron chi connectivity index (χ2n) is 5.91. The quantitative estimate of drug-likeness (QED) is 0.842. The summed E-state index contributed by atoms with van der Waals surface area (Å²) in [5.41, 5.74) is 1.69. The molecule has 1 saturated carbocycles. The minimum Gasteiger partial charge on any atom is -0.478 e. The number of aromatic carboxylic acids is 1. The van der Waals surface area contributed by atoms with E-state index in [4.69, 9.17) is 5.11 Å². The monoisotopic (exact) mass is 233 g/mol. The van der Waals surface area contributed by atoms with E-state index in [1.807, 2.05) is 6.07 Å². The standard InChI is InChI=1S/C14H19NO2/c1-13(2)12(14(13,3)4)15-10-7-5-6-9(8-10)11(16)17/h5-8,12,15H,1-4H3,(H,16,17). The summed E-state index contributed by atoms with van der Waals surface area (Å²) in [6, 6.07) is 7.37. The van der Waals surface area contributed by atoms with E-state index in [1.165, 1.54) is 0 Å². The molecule has 2 N–H and O–H groups in total. The second kappa shape index (κ2) is 3.49. The van der Waals surface area contributed by atoms with Gasteiger partial charge in [-0.25, -0.2) is 4.79 Å². The predicted octanol–water partition coefficient (Wildman–Crippen LogP) is 3.23. The van der Waals surface area contributed by atoms with Crippen LogP contribution in [0.2, 0.25) is 0 Å². The molecule has 0 unspecified atom stereocenters. The minimum atomic E-state index is -0.886. The number of carboxylic acids is 1. The molecule has 1 aromatic rings. The summed E-state index contributed by atoms with van der Waals surface area (Å²) in [7, 11) is 0. The highest BCUT2D eigenvalue weighted by atomic mass is 16.4. The van der Waals surface area contributed by atoms with Gasteiger partial charge in [-0.3, -0.25) is 0 Å². The van der Waals surface area contributed by atoms with E-state index in [0.29, 0.717) is 11.6 Å². The van der Waals surface area contributed by atoms with Gasteiger partial charge in [-0.15, -0.1) is 0 Å². The Balaban J connectivity index is 2.16. The molecule has 1 aliphatic carbocycles. The van der Waals surface area contributed by atoms with E-state index >= 15 is 0 Å². The van der Waals surface area contributed by atoms with Crippen molar-refractivity contribution in [3.8, 4) is 0 Å². The molecule has 0 aromatic heterocycles. The average Bonchev–Trinajstić information content (AvgIpc) is 2.61. The van der Waals surface area contributed by atoms with Crippen LogP contribution in [-0.4, -0.2) is 17.1 Å². The van der Waals surface area contributed by atoms with Crippen molar-refractivity contribution in [3.05, 3.63) is 29.8 Å². The van der Waals surface area contributed by atoms with Gasteiger partial charge in [0.1, 0.15) is 0 Å². The molecule has 0 amide bonds. The lowest BCUT2D eigenvalue weighted by Crippen LogP contribution is -2.10. The van der Waals surface area contributed by atoms with Gasteiger partial charge in [-0.05, 0) is 29.0 Å². The zero-order valence-corrected chi connectivity index (χ0v) is 10.7. The molecule has 0 bridgehead atoms. The molecule has 0 atom stereocenters. The SMILES string of the molecule is CC1(C)C(Nc2cccc(C(=O)O)c2)C1(C)C. The van der Waals surface area contributed by atoms with Crippen molar-refractivity contribution in [1.82, 2.24) is 0 Å². The summed E-state index contributed by atoms with van der Waals surface area (Å²) < 4.78 is 0. The highest BCUT2D eigenvalue weighted by molar-refractivity contribution is 5.88. The molecule has 0 radical (unpaired) electrons. The van der Waals surface area contributed by atoms with Crippen molar-refractivity contribution in [2.45, 2.75) is 33.7 Å². The van der Waals surface area contributed by atoms with Crippen LogP contribution in [0.4, 0.5) is 5.69 Å². The average molecular weight is 233 g/mol. The third-order valence-corrected chi connectivity index (χ3v) is 4.44. The molecular weight excluding hydrogens is 214 g/mol. The minimum absolute atomic E-state index is 0.242. The molecule has 92 valence electrons. The van der Waals surface area contributed by atoms with Crippen molar-refractivity contribution in [1.29, 1.82) is 0 Å². The van der Waals surface area contributed by atoms with Gasteiger partial charge in [-0.2, -0.15) is 0 Å². The first-order valence-corrected chi connectivity index (χ1v) is 5.87. The van der Waals surface area contributed by atoms with Gasteiger partial charge >= 0.3 is 5.97 Å². The molecule has 17 heavy (non-hydrogen) atoms. The van der Waals surface area contributed by atoms with E-state index in [9.17, 15) is 4.79 Å². The lowest BCUT2D eigenvalue weighted by atomic mass is 10.0. The fraction of sp³-hybridized carbons (Fsp3) is 0.500. The number of benzene rings is 1. The summed E-state index contributed by atoms with van der Waals surface area (Å²) in [5, 5.41) is 12.4. The lowest BCUT2D eigenvalue weighted by Gasteiger charge is -2.08. The first-order chi connectivity index (χ1) is 7.76. The number of nitrogens with one attached hydrogen (secondary N) is 1. The summed E-state index contributed by atoms with van der Waals surface area (Å²) in [6.07, 6.45) is 0. The fourth-order valence-electron chi connectivity index (χ4n) is 2.47. The molecule has 1 aliphatic rings. The Morgan fingerprint density at radius 3 is 2.29 bits per heavy atom. The van der Waals surface area contributed by atoms with Gasteiger partial charge in [0, 0.05) is 11.7 Å². The zero-order chi connectivity index (χ0) is 12.8. The highest BCUT2D eigenvalue weighted by Crippen LogP contribution is 2.63. The third kappa shape index (κ3) is 1.79. The van der Waals surface area contributed by atoms with Crippen molar-refractivity contribution in [3.63, 3.8) is 0 Å². The molecule has 1 fully saturated rings. The van der Waals surface area contributed by atoms with Crippen LogP contribution in [-0.2, 0) is 0 Å². The fourth-order valence-corrected chi connectivity index (χ4v) is 2.47. The summed E-state index contributed by atoms with van der Waals surface area (Å²) >= 11 is 0. The number of carboxylic acid groups (broad SMARTS) is 1. The molecule has 0 saturated heterocycles. The molecule has 0 spiro atoms. The molecule has 3 nitrogen and oxygen atoms in total. The largest absolute Gasteiger partial charge is 0.478 e. The summed E-state index contributed by atoms with van der Waals surface area (Å²) in [6.45, 7) is 8.91. The zero-order valence-electron chi connectivity index (χ0n) is 10.7. The van der Waals surface area contributed by atoms with Gasteiger partial charge in [0.15, 0.2) is 0 Å². The lowest BCUT2D eigenvalue weighted by molar-refractivity contribution is 0.0697. The second-order valence-corrected chi connectivity index (χ2v) is 5.91. The first-order valence-electron chi connectivity index (χ1n) is 5.87. The molecule has 0 heterocycles. The van der Waals surface area contributed by atoms with E-state index in [1.54, 1.807) is 18.2 Å². The van der Waals surface area contributed by atoms with E-state index in [2.05, 4.69) is 33.0 Å². The van der Waals surface area contributed by atoms with Crippen LogP contribution in [0.25, 0.3) is 0 Å². The van der Waals surface area contributed by atoms with Crippen LogP contribution in [0.15, 0.2) is 24.3 Å². The maximum Gasteiger partial charge on any atom is 0.335 e. The van der Waals surface area contributed by atoms with Gasteiger partial charge in [0.25, 0.3) is 0 Å². The summed E-state index contributed by atoms with van der Waals surface area (Å²) in [5.74, 6) is -0.886. The van der Waals surface area contributed by atoms with Crippen molar-refractivity contribution >= 4 is 11.7 Å². The van der Waals surface area contributed by atoms with Gasteiger partial charge < -0.3 is 10.4 Å². The van der Waals surface area contributed by atoms with Crippen LogP contribution in [0.5, 0.6) is 0 Å². The molecule has 1 aromatic carbocycles. The van der Waals surface area contributed by atoms with Crippen LogP contribution < -0.4 is 5.32 Å². The Labute approximate surface area is 102 Å². The number of anilines is 1. The van der Waals surface area contributed by atoms with Gasteiger partial charge in [0.2, 0.25) is 0 Å². The van der Waals surface area contributed by atoms with Crippen molar-refractivity contribution in [2.24, 2.45) is 10.8 Å². The molecule has 2 rings (SSSR count). The Hall–Kier alpha value is -1.51. The van der Waals surface area contributed by atoms with Crippen LogP contribution >= 0.6 is 0 Å². The summed E-state index contributed by atoms with van der Waals surface area (Å²) in [4.78, 5) is 10.9. The van der Waals surface area contributed by atoms with E-state index in [0.717, 1.165) is 5.69 Å². The highest BCUT2D eigenvalue weighted by Gasteiger charge is 2.64. The number of rotatable bonds is 3. The number of hydrogen-bond acceptors (Lipinski definition) is 2. The Morgan fingerprint density at radius 1 is 1.24 bits per heavy atom. The maximum atomic E-state index is 10.9. The van der Waals surface area contributed by atoms with Gasteiger partial charge in [0.05, 0.1) is 5.56 Å². The first kappa shape index (κ1) is 12.0. The maximum absolute atomic E-state index is 10.9. The normalized spacial score (nSPS) is 20.9. The number of carbonyl (C=O) groups is 1. The topological polar surface area (TPSA) is 49.3 Å². The molecule has 0 aliphatic heterocycles. The van der Waals surface area contributed by atoms with E-state index < -0.39 is 5.97 Å². The Bertz CT molecular complexity index is 449. The van der Waals surface area contributed by atoms with Crippen LogP contribution in [0.3, 0.4) is 0 Å². The number of hydrogen-bond donors (Lipinski definition) is 2. The predicted molar refractivity (Wildman–Crippen MR) is 68.4 cm³/mol. The van der Waals surface area contributed by atoms with Crippen LogP contribution in [0, 0.1) is 10.8 Å². The molecule has 3 heteroatoms. The third-order valence-electron chi connectivity index (χ3n) is 4.44. The van der Waals surface area contributed by atoms with Gasteiger partial charge in [-0.1, -0.05) is 33.8 Å². The van der Waals surface area contributed by atoms with Crippen molar-refractivity contribution < 1.29 is 9.90 Å². The Kier molecular flexibility index (Phi) is 2.45. The van der Waals surface area contributed by atoms with E-state index in [-0.39, 0.29) is 10.8 Å². The Morgan fingerprint density at radius 2 is 1.82 bits per heavy atom. The van der Waals surface area contributed by atoms with Crippen LogP contribution in [0.1, 0.15) is 38.1 Å². The molecular formula is C14H19NO2.